The lowest BCUT2D eigenvalue weighted by molar-refractivity contribution is -0.148. The van der Waals surface area contributed by atoms with Crippen molar-refractivity contribution in [1.29, 1.82) is 0 Å². The number of carbonyl (C=O) groups excluding carboxylic acids is 1. The molecule has 1 aromatic rings. The van der Waals surface area contributed by atoms with Crippen molar-refractivity contribution in [2.45, 2.75) is 32.0 Å². The minimum absolute atomic E-state index is 0.0584. The van der Waals surface area contributed by atoms with E-state index >= 15 is 0 Å². The highest BCUT2D eigenvalue weighted by Gasteiger charge is 2.35. The molecule has 1 heterocycles. The van der Waals surface area contributed by atoms with Gasteiger partial charge in [-0.2, -0.15) is 0 Å². The Morgan fingerprint density at radius 3 is 2.83 bits per heavy atom. The second-order valence-electron chi connectivity index (χ2n) is 4.68. The van der Waals surface area contributed by atoms with Crippen LogP contribution in [0, 0.1) is 0 Å². The topological polar surface area (TPSA) is 55.6 Å². The number of rotatable bonds is 4. The zero-order chi connectivity index (χ0) is 13.0. The van der Waals surface area contributed by atoms with Gasteiger partial charge in [-0.05, 0) is 18.9 Å². The maximum Gasteiger partial charge on any atom is 0.323 e. The minimum atomic E-state index is -0.194. The Morgan fingerprint density at radius 2 is 2.17 bits per heavy atom. The Balaban J connectivity index is 2.03. The summed E-state index contributed by atoms with van der Waals surface area (Å²) in [5, 5.41) is 0. The summed E-state index contributed by atoms with van der Waals surface area (Å²) in [7, 11) is 0. The van der Waals surface area contributed by atoms with Crippen molar-refractivity contribution in [1.82, 2.24) is 4.90 Å². The Kier molecular flexibility index (Phi) is 4.33. The summed E-state index contributed by atoms with van der Waals surface area (Å²) < 4.78 is 5.11. The molecule has 2 N–H and O–H groups in total. The summed E-state index contributed by atoms with van der Waals surface area (Å²) in [6, 6.07) is 9.98. The van der Waals surface area contributed by atoms with E-state index in [1.165, 1.54) is 5.56 Å². The summed E-state index contributed by atoms with van der Waals surface area (Å²) in [4.78, 5) is 14.0. The summed E-state index contributed by atoms with van der Waals surface area (Å²) in [6.07, 6.45) is 0.686. The van der Waals surface area contributed by atoms with Crippen molar-refractivity contribution < 1.29 is 9.53 Å². The smallest absolute Gasteiger partial charge is 0.323 e. The molecule has 0 saturated carbocycles. The lowest BCUT2D eigenvalue weighted by atomic mass is 10.1. The first-order valence-corrected chi connectivity index (χ1v) is 6.41. The highest BCUT2D eigenvalue weighted by Crippen LogP contribution is 2.20. The maximum absolute atomic E-state index is 11.9. The van der Waals surface area contributed by atoms with Crippen molar-refractivity contribution in [3.8, 4) is 0 Å². The second kappa shape index (κ2) is 5.98. The standard InChI is InChI=1S/C14H20N2O2/c1-2-18-14(17)13-8-12(15)10-16(13)9-11-6-4-3-5-7-11/h3-7,12-13H,2,8-10,15H2,1H3/t12-,13-/m0/s1. The first kappa shape index (κ1) is 13.1. The number of carbonyl (C=O) groups is 1. The molecule has 0 radical (unpaired) electrons. The van der Waals surface area contributed by atoms with Crippen molar-refractivity contribution >= 4 is 5.97 Å². The van der Waals surface area contributed by atoms with E-state index in [0.717, 1.165) is 13.1 Å². The zero-order valence-corrected chi connectivity index (χ0v) is 10.7. The van der Waals surface area contributed by atoms with E-state index in [2.05, 4.69) is 17.0 Å². The molecule has 1 aliphatic rings. The van der Waals surface area contributed by atoms with Gasteiger partial charge in [0.2, 0.25) is 0 Å². The third kappa shape index (κ3) is 3.09. The molecular formula is C14H20N2O2. The number of hydrogen-bond acceptors (Lipinski definition) is 4. The van der Waals surface area contributed by atoms with Crippen molar-refractivity contribution in [3.05, 3.63) is 35.9 Å². The maximum atomic E-state index is 11.9. The molecular weight excluding hydrogens is 228 g/mol. The molecule has 4 heteroatoms. The number of esters is 1. The van der Waals surface area contributed by atoms with E-state index < -0.39 is 0 Å². The molecule has 4 nitrogen and oxygen atoms in total. The van der Waals surface area contributed by atoms with Gasteiger partial charge in [0.15, 0.2) is 0 Å². The fourth-order valence-corrected chi connectivity index (χ4v) is 2.42. The predicted octanol–water partition coefficient (Wildman–Crippen LogP) is 1.15. The average molecular weight is 248 g/mol. The van der Waals surface area contributed by atoms with E-state index in [-0.39, 0.29) is 18.1 Å². The van der Waals surface area contributed by atoms with Crippen LogP contribution >= 0.6 is 0 Å². The molecule has 0 unspecified atom stereocenters. The average Bonchev–Trinajstić information content (AvgIpc) is 2.72. The van der Waals surface area contributed by atoms with Gasteiger partial charge in [-0.15, -0.1) is 0 Å². The fraction of sp³-hybridized carbons (Fsp3) is 0.500. The zero-order valence-electron chi connectivity index (χ0n) is 10.7. The number of benzene rings is 1. The van der Waals surface area contributed by atoms with E-state index in [9.17, 15) is 4.79 Å². The summed E-state index contributed by atoms with van der Waals surface area (Å²) in [5.41, 5.74) is 7.15. The normalized spacial score (nSPS) is 24.1. The Labute approximate surface area is 108 Å². The number of nitrogens with two attached hydrogens (primary N) is 1. The van der Waals surface area contributed by atoms with Crippen LogP contribution in [0.5, 0.6) is 0 Å². The third-order valence-electron chi connectivity index (χ3n) is 3.22. The van der Waals surface area contributed by atoms with Crippen LogP contribution in [0.25, 0.3) is 0 Å². The second-order valence-corrected chi connectivity index (χ2v) is 4.68. The molecule has 18 heavy (non-hydrogen) atoms. The van der Waals surface area contributed by atoms with Crippen LogP contribution in [0.4, 0.5) is 0 Å². The lowest BCUT2D eigenvalue weighted by Crippen LogP contribution is -2.36. The van der Waals surface area contributed by atoms with Gasteiger partial charge in [0.05, 0.1) is 6.61 Å². The fourth-order valence-electron chi connectivity index (χ4n) is 2.42. The van der Waals surface area contributed by atoms with Crippen LogP contribution in [0.3, 0.4) is 0 Å². The molecule has 0 aliphatic carbocycles. The number of hydrogen-bond donors (Lipinski definition) is 1. The lowest BCUT2D eigenvalue weighted by Gasteiger charge is -2.22. The molecule has 0 spiro atoms. The van der Waals surface area contributed by atoms with Gasteiger partial charge in [0.1, 0.15) is 6.04 Å². The predicted molar refractivity (Wildman–Crippen MR) is 69.9 cm³/mol. The van der Waals surface area contributed by atoms with Gasteiger partial charge in [0.25, 0.3) is 0 Å². The van der Waals surface area contributed by atoms with E-state index in [4.69, 9.17) is 10.5 Å². The molecule has 2 atom stereocenters. The molecule has 0 bridgehead atoms. The first-order chi connectivity index (χ1) is 8.70. The largest absolute Gasteiger partial charge is 0.465 e. The van der Waals surface area contributed by atoms with E-state index in [1.807, 2.05) is 25.1 Å². The summed E-state index contributed by atoms with van der Waals surface area (Å²) >= 11 is 0. The highest BCUT2D eigenvalue weighted by molar-refractivity contribution is 5.76. The highest BCUT2D eigenvalue weighted by atomic mass is 16.5. The molecule has 2 rings (SSSR count). The van der Waals surface area contributed by atoms with Gasteiger partial charge in [0, 0.05) is 19.1 Å². The third-order valence-corrected chi connectivity index (χ3v) is 3.22. The van der Waals surface area contributed by atoms with Crippen molar-refractivity contribution in [2.75, 3.05) is 13.2 Å². The number of ether oxygens (including phenoxy) is 1. The van der Waals surface area contributed by atoms with Crippen LogP contribution in [0.1, 0.15) is 18.9 Å². The van der Waals surface area contributed by atoms with Crippen LogP contribution in [0.2, 0.25) is 0 Å². The Bertz CT molecular complexity index is 394. The molecule has 1 saturated heterocycles. The van der Waals surface area contributed by atoms with Crippen LogP contribution in [0.15, 0.2) is 30.3 Å². The Morgan fingerprint density at radius 1 is 1.44 bits per heavy atom. The first-order valence-electron chi connectivity index (χ1n) is 6.41. The molecule has 98 valence electrons. The van der Waals surface area contributed by atoms with Gasteiger partial charge in [-0.25, -0.2) is 0 Å². The summed E-state index contributed by atoms with van der Waals surface area (Å²) in [6.45, 7) is 3.74. The Hall–Kier alpha value is -1.39. The van der Waals surface area contributed by atoms with Crippen LogP contribution in [-0.2, 0) is 16.1 Å². The SMILES string of the molecule is CCOC(=O)[C@@H]1C[C@H](N)CN1Cc1ccccc1. The molecule has 1 aliphatic heterocycles. The minimum Gasteiger partial charge on any atom is -0.465 e. The molecule has 1 fully saturated rings. The van der Waals surface area contributed by atoms with Gasteiger partial charge in [-0.1, -0.05) is 30.3 Å². The van der Waals surface area contributed by atoms with Gasteiger partial charge in [-0.3, -0.25) is 9.69 Å². The molecule has 0 amide bonds. The number of nitrogens with zero attached hydrogens (tertiary/aromatic N) is 1. The van der Waals surface area contributed by atoms with E-state index in [1.54, 1.807) is 0 Å². The van der Waals surface area contributed by atoms with Gasteiger partial charge < -0.3 is 10.5 Å². The van der Waals surface area contributed by atoms with Gasteiger partial charge >= 0.3 is 5.97 Å². The number of likely N-dealkylation sites (tertiary alicyclic amines) is 1. The van der Waals surface area contributed by atoms with Crippen LogP contribution < -0.4 is 5.73 Å². The van der Waals surface area contributed by atoms with Crippen molar-refractivity contribution in [2.24, 2.45) is 5.73 Å². The quantitative estimate of drug-likeness (QED) is 0.812. The summed E-state index contributed by atoms with van der Waals surface area (Å²) in [5.74, 6) is -0.151. The van der Waals surface area contributed by atoms with Crippen molar-refractivity contribution in [3.63, 3.8) is 0 Å². The van der Waals surface area contributed by atoms with E-state index in [0.29, 0.717) is 13.0 Å². The van der Waals surface area contributed by atoms with Crippen LogP contribution in [-0.4, -0.2) is 36.1 Å². The molecule has 0 aromatic heterocycles. The molecule has 1 aromatic carbocycles. The monoisotopic (exact) mass is 248 g/mol.